The third kappa shape index (κ3) is 3.42. The van der Waals surface area contributed by atoms with E-state index >= 15 is 0 Å². The zero-order valence-electron chi connectivity index (χ0n) is 13.7. The molecule has 0 aliphatic carbocycles. The lowest BCUT2D eigenvalue weighted by Crippen LogP contribution is -2.57. The number of rotatable bonds is 3. The highest BCUT2D eigenvalue weighted by molar-refractivity contribution is 5.85. The molecule has 2 aliphatic heterocycles. The molecule has 0 saturated carbocycles. The zero-order chi connectivity index (χ0) is 17.2. The van der Waals surface area contributed by atoms with Crippen LogP contribution in [-0.2, 0) is 11.3 Å². The predicted molar refractivity (Wildman–Crippen MR) is 86.4 cm³/mol. The van der Waals surface area contributed by atoms with Crippen molar-refractivity contribution in [2.45, 2.75) is 37.8 Å². The number of hydrogen-bond donors (Lipinski definition) is 1. The molecule has 2 saturated heterocycles. The monoisotopic (exact) mass is 331 g/mol. The van der Waals surface area contributed by atoms with Crippen molar-refractivity contribution in [1.29, 1.82) is 5.26 Å². The second kappa shape index (κ2) is 6.88. The SMILES string of the molecule is N#Cc1ccc(CN2CCC[C@@](O)(C(=O)N3CCCC3)C2)cc1F. The molecule has 128 valence electrons. The molecule has 0 radical (unpaired) electrons. The normalized spacial score (nSPS) is 24.8. The van der Waals surface area contributed by atoms with E-state index in [0.29, 0.717) is 13.0 Å². The topological polar surface area (TPSA) is 67.6 Å². The Kier molecular flexibility index (Phi) is 4.83. The van der Waals surface area contributed by atoms with Gasteiger partial charge in [0.2, 0.25) is 0 Å². The quantitative estimate of drug-likeness (QED) is 0.914. The molecule has 0 aromatic heterocycles. The number of carbonyl (C=O) groups is 1. The van der Waals surface area contributed by atoms with Crippen molar-refractivity contribution in [2.24, 2.45) is 0 Å². The van der Waals surface area contributed by atoms with E-state index in [1.807, 2.05) is 4.90 Å². The Labute approximate surface area is 141 Å². The van der Waals surface area contributed by atoms with Crippen LogP contribution in [0.15, 0.2) is 18.2 Å². The second-order valence-corrected chi connectivity index (χ2v) is 6.77. The molecule has 2 heterocycles. The van der Waals surface area contributed by atoms with E-state index in [-0.39, 0.29) is 18.0 Å². The van der Waals surface area contributed by atoms with Gasteiger partial charge in [-0.3, -0.25) is 9.69 Å². The van der Waals surface area contributed by atoms with E-state index in [1.165, 1.54) is 12.1 Å². The third-order valence-electron chi connectivity index (χ3n) is 4.90. The minimum absolute atomic E-state index is 0.0260. The number of nitriles is 1. The molecule has 1 aromatic carbocycles. The van der Waals surface area contributed by atoms with Crippen LogP contribution in [0.4, 0.5) is 4.39 Å². The Hall–Kier alpha value is -1.97. The average molecular weight is 331 g/mol. The van der Waals surface area contributed by atoms with Gasteiger partial charge in [-0.2, -0.15) is 5.26 Å². The molecule has 5 nitrogen and oxygen atoms in total. The largest absolute Gasteiger partial charge is 0.379 e. The standard InChI is InChI=1S/C18H22FN3O2/c19-16-10-14(4-5-15(16)11-20)12-21-7-3-6-18(24,13-21)17(23)22-8-1-2-9-22/h4-5,10,24H,1-3,6-9,12-13H2/t18-/m0/s1. The lowest BCUT2D eigenvalue weighted by molar-refractivity contribution is -0.156. The van der Waals surface area contributed by atoms with Crippen LogP contribution in [0, 0.1) is 17.1 Å². The zero-order valence-corrected chi connectivity index (χ0v) is 13.7. The molecular formula is C18H22FN3O2. The van der Waals surface area contributed by atoms with E-state index in [4.69, 9.17) is 5.26 Å². The van der Waals surface area contributed by atoms with E-state index < -0.39 is 11.4 Å². The number of halogens is 1. The van der Waals surface area contributed by atoms with Crippen LogP contribution in [0.25, 0.3) is 0 Å². The van der Waals surface area contributed by atoms with Crippen LogP contribution in [0.2, 0.25) is 0 Å². The molecular weight excluding hydrogens is 309 g/mol. The fourth-order valence-electron chi connectivity index (χ4n) is 3.65. The van der Waals surface area contributed by atoms with Crippen molar-refractivity contribution in [3.63, 3.8) is 0 Å². The number of likely N-dealkylation sites (tertiary alicyclic amines) is 2. The smallest absolute Gasteiger partial charge is 0.255 e. The molecule has 3 rings (SSSR count). The summed E-state index contributed by atoms with van der Waals surface area (Å²) in [6, 6.07) is 6.35. The van der Waals surface area contributed by atoms with Gasteiger partial charge < -0.3 is 10.0 Å². The molecule has 1 amide bonds. The van der Waals surface area contributed by atoms with Crippen molar-refractivity contribution in [3.05, 3.63) is 35.1 Å². The Morgan fingerprint density at radius 3 is 2.71 bits per heavy atom. The summed E-state index contributed by atoms with van der Waals surface area (Å²) >= 11 is 0. The molecule has 0 unspecified atom stereocenters. The van der Waals surface area contributed by atoms with Crippen molar-refractivity contribution in [2.75, 3.05) is 26.2 Å². The van der Waals surface area contributed by atoms with Crippen LogP contribution in [0.1, 0.15) is 36.8 Å². The Balaban J connectivity index is 1.68. The van der Waals surface area contributed by atoms with Crippen molar-refractivity contribution in [3.8, 4) is 6.07 Å². The van der Waals surface area contributed by atoms with E-state index in [0.717, 1.165) is 44.5 Å². The Bertz CT molecular complexity index is 667. The fourth-order valence-corrected chi connectivity index (χ4v) is 3.65. The molecule has 2 fully saturated rings. The summed E-state index contributed by atoms with van der Waals surface area (Å²) in [4.78, 5) is 16.4. The molecule has 1 N–H and O–H groups in total. The fraction of sp³-hybridized carbons (Fsp3) is 0.556. The van der Waals surface area contributed by atoms with Gasteiger partial charge in [0, 0.05) is 26.2 Å². The van der Waals surface area contributed by atoms with Gasteiger partial charge in [-0.25, -0.2) is 4.39 Å². The highest BCUT2D eigenvalue weighted by atomic mass is 19.1. The highest BCUT2D eigenvalue weighted by Gasteiger charge is 2.43. The van der Waals surface area contributed by atoms with Gasteiger partial charge in [0.25, 0.3) is 5.91 Å². The summed E-state index contributed by atoms with van der Waals surface area (Å²) in [7, 11) is 0. The minimum Gasteiger partial charge on any atom is -0.379 e. The Morgan fingerprint density at radius 1 is 1.29 bits per heavy atom. The Morgan fingerprint density at radius 2 is 2.04 bits per heavy atom. The first-order valence-electron chi connectivity index (χ1n) is 8.44. The maximum absolute atomic E-state index is 13.7. The van der Waals surface area contributed by atoms with Crippen LogP contribution in [0.5, 0.6) is 0 Å². The number of benzene rings is 1. The average Bonchev–Trinajstić information content (AvgIpc) is 3.09. The van der Waals surface area contributed by atoms with Crippen molar-refractivity contribution < 1.29 is 14.3 Å². The van der Waals surface area contributed by atoms with Gasteiger partial charge in [-0.15, -0.1) is 0 Å². The van der Waals surface area contributed by atoms with Gasteiger partial charge in [0.05, 0.1) is 5.56 Å². The summed E-state index contributed by atoms with van der Waals surface area (Å²) in [6.45, 7) is 2.93. The molecule has 1 atom stereocenters. The number of nitrogens with zero attached hydrogens (tertiary/aromatic N) is 3. The lowest BCUT2D eigenvalue weighted by Gasteiger charge is -2.40. The van der Waals surface area contributed by atoms with Gasteiger partial charge in [0.1, 0.15) is 11.9 Å². The van der Waals surface area contributed by atoms with Crippen LogP contribution in [0.3, 0.4) is 0 Å². The van der Waals surface area contributed by atoms with Gasteiger partial charge >= 0.3 is 0 Å². The molecule has 6 heteroatoms. The van der Waals surface area contributed by atoms with Crippen LogP contribution in [-0.4, -0.2) is 52.6 Å². The number of carbonyl (C=O) groups excluding carboxylic acids is 1. The van der Waals surface area contributed by atoms with Crippen molar-refractivity contribution in [1.82, 2.24) is 9.80 Å². The predicted octanol–water partition coefficient (Wildman–Crippen LogP) is 1.65. The number of amides is 1. The van der Waals surface area contributed by atoms with Crippen LogP contribution >= 0.6 is 0 Å². The number of hydrogen-bond acceptors (Lipinski definition) is 4. The maximum atomic E-state index is 13.7. The van der Waals surface area contributed by atoms with Crippen LogP contribution < -0.4 is 0 Å². The summed E-state index contributed by atoms with van der Waals surface area (Å²) in [5, 5.41) is 19.6. The van der Waals surface area contributed by atoms with E-state index in [9.17, 15) is 14.3 Å². The van der Waals surface area contributed by atoms with Gasteiger partial charge in [-0.05, 0) is 49.9 Å². The molecule has 24 heavy (non-hydrogen) atoms. The third-order valence-corrected chi connectivity index (χ3v) is 4.90. The first-order chi connectivity index (χ1) is 11.5. The molecule has 0 spiro atoms. The number of aliphatic hydroxyl groups is 1. The van der Waals surface area contributed by atoms with Gasteiger partial charge in [0.15, 0.2) is 5.60 Å². The molecule has 0 bridgehead atoms. The maximum Gasteiger partial charge on any atom is 0.255 e. The van der Waals surface area contributed by atoms with Crippen molar-refractivity contribution >= 4 is 5.91 Å². The number of piperidine rings is 1. The van der Waals surface area contributed by atoms with E-state index in [1.54, 1.807) is 17.0 Å². The van der Waals surface area contributed by atoms with Gasteiger partial charge in [-0.1, -0.05) is 6.07 Å². The lowest BCUT2D eigenvalue weighted by atomic mass is 9.91. The second-order valence-electron chi connectivity index (χ2n) is 6.77. The first-order valence-corrected chi connectivity index (χ1v) is 8.44. The molecule has 1 aromatic rings. The minimum atomic E-state index is -1.34. The summed E-state index contributed by atoms with van der Waals surface area (Å²) in [5.74, 6) is -0.703. The summed E-state index contributed by atoms with van der Waals surface area (Å²) in [6.07, 6.45) is 3.20. The summed E-state index contributed by atoms with van der Waals surface area (Å²) in [5.41, 5.74) is -0.573. The molecule has 2 aliphatic rings. The van der Waals surface area contributed by atoms with E-state index in [2.05, 4.69) is 0 Å². The highest BCUT2D eigenvalue weighted by Crippen LogP contribution is 2.26. The number of β-amino-alcohol motifs (C(OH)–C–C–N with tert-alkyl or cyclic N) is 1. The first kappa shape index (κ1) is 16.9. The summed E-state index contributed by atoms with van der Waals surface area (Å²) < 4.78 is 13.7.